The first-order valence-corrected chi connectivity index (χ1v) is 1.68. The van der Waals surface area contributed by atoms with E-state index in [1.807, 2.05) is 0 Å². The third-order valence-electron chi connectivity index (χ3n) is 0. The van der Waals surface area contributed by atoms with E-state index in [4.69, 9.17) is 6.65 Å². The van der Waals surface area contributed by atoms with Crippen LogP contribution < -0.4 is 0 Å². The average Bonchev–Trinajstić information content (AvgIpc) is 0.918. The predicted octanol–water partition coefficient (Wildman–Crippen LogP) is 0.603. The van der Waals surface area contributed by atoms with E-state index in [2.05, 4.69) is 0 Å². The average molecular weight is 153 g/mol. The zero-order chi connectivity index (χ0) is 2.71. The zero-order valence-electron chi connectivity index (χ0n) is 2.13. The molecule has 0 radical (unpaired) electrons. The van der Waals surface area contributed by atoms with Gasteiger partial charge in [-0.2, -0.15) is 0 Å². The molecule has 0 N–H and O–H groups in total. The molecule has 0 fully saturated rings. The first-order valence-electron chi connectivity index (χ1n) is 0.408. The fourth-order valence-corrected chi connectivity index (χ4v) is 0. The van der Waals surface area contributed by atoms with Crippen molar-refractivity contribution in [1.82, 2.24) is 0 Å². The third-order valence-corrected chi connectivity index (χ3v) is 0. The van der Waals surface area contributed by atoms with Gasteiger partial charge in [0.2, 0.25) is 0 Å². The Kier molecular flexibility index (Phi) is 69.7. The van der Waals surface area contributed by atoms with Crippen LogP contribution in [-0.2, 0) is 25.7 Å². The van der Waals surface area contributed by atoms with Crippen LogP contribution in [0.2, 0.25) is 0 Å². The molecule has 0 saturated heterocycles. The quantitative estimate of drug-likeness (QED) is 0.477. The van der Waals surface area contributed by atoms with Crippen LogP contribution in [0.4, 0.5) is 0 Å². The molecule has 5 heavy (non-hydrogen) atoms. The molecule has 0 atom stereocenters. The topological polar surface area (TPSA) is 34.1 Å². The molecular weight excluding hydrogens is 151 g/mol. The van der Waals surface area contributed by atoms with Crippen LogP contribution in [0.25, 0.3) is 0 Å². The predicted molar refractivity (Wildman–Crippen MR) is 15.9 cm³/mol. The molecule has 0 spiro atoms. The Balaban J connectivity index is -0.0000000200. The maximum absolute atomic E-state index is 8.50. The summed E-state index contributed by atoms with van der Waals surface area (Å²) in [5.41, 5.74) is 0. The first kappa shape index (κ1) is 16.9. The van der Waals surface area contributed by atoms with Crippen molar-refractivity contribution in [1.29, 1.82) is 0 Å². The number of halogens is 2. The van der Waals surface area contributed by atoms with Crippen molar-refractivity contribution >= 4 is 24.8 Å². The molecule has 0 aromatic heterocycles. The number of rotatable bonds is 0. The Hall–Kier alpha value is 0.894. The van der Waals surface area contributed by atoms with Gasteiger partial charge in [-0.25, -0.2) is 0 Å². The molecule has 0 aliphatic carbocycles. The fraction of sp³-hybridized carbons (Fsp3) is 0. The monoisotopic (exact) mass is 152 g/mol. The van der Waals surface area contributed by atoms with Gasteiger partial charge in [-0.15, -0.1) is 24.8 Å². The Morgan fingerprint density at radius 3 is 1.00 bits per heavy atom. The molecule has 0 aromatic rings. The van der Waals surface area contributed by atoms with Gasteiger partial charge in [0, 0.05) is 0 Å². The summed E-state index contributed by atoms with van der Waals surface area (Å²) in [5.74, 6) is 0. The Labute approximate surface area is 50.7 Å². The molecule has 32 valence electrons. The van der Waals surface area contributed by atoms with E-state index >= 15 is 0 Å². The van der Waals surface area contributed by atoms with Gasteiger partial charge in [0.1, 0.15) is 0 Å². The molecule has 0 aliphatic rings. The summed E-state index contributed by atoms with van der Waals surface area (Å²) in [4.78, 5) is 0. The van der Waals surface area contributed by atoms with Crippen molar-refractivity contribution in [3.8, 4) is 0 Å². The molecular formula is H2Cl2O2Ti. The fourth-order valence-electron chi connectivity index (χ4n) is 0. The SMILES string of the molecule is Cl.Cl.[O]=[Ti]=[O]. The van der Waals surface area contributed by atoms with Gasteiger partial charge in [0.25, 0.3) is 0 Å². The first-order chi connectivity index (χ1) is 1.41. The van der Waals surface area contributed by atoms with E-state index in [0.29, 0.717) is 0 Å². The molecule has 0 heterocycles. The van der Waals surface area contributed by atoms with Crippen LogP contribution in [0.15, 0.2) is 0 Å². The molecule has 0 aromatic carbocycles. The molecule has 0 saturated carbocycles. The van der Waals surface area contributed by atoms with Crippen LogP contribution in [0.1, 0.15) is 0 Å². The van der Waals surface area contributed by atoms with Gasteiger partial charge < -0.3 is 0 Å². The minimum atomic E-state index is -2.00. The molecule has 2 nitrogen and oxygen atoms in total. The molecule has 0 bridgehead atoms. The van der Waals surface area contributed by atoms with Crippen LogP contribution in [0, 0.1) is 0 Å². The summed E-state index contributed by atoms with van der Waals surface area (Å²) >= 11 is -2.00. The summed E-state index contributed by atoms with van der Waals surface area (Å²) in [6.07, 6.45) is 0. The summed E-state index contributed by atoms with van der Waals surface area (Å²) in [6, 6.07) is 0. The normalized spacial score (nSPS) is 1.60. The zero-order valence-corrected chi connectivity index (χ0v) is 5.33. The summed E-state index contributed by atoms with van der Waals surface area (Å²) in [5, 5.41) is 0. The van der Waals surface area contributed by atoms with E-state index in [1.165, 1.54) is 0 Å². The van der Waals surface area contributed by atoms with Crippen molar-refractivity contribution in [2.24, 2.45) is 0 Å². The standard InChI is InChI=1S/2ClH.2O.Ti/h2*1H;;;. The van der Waals surface area contributed by atoms with Crippen molar-refractivity contribution in [3.05, 3.63) is 0 Å². The summed E-state index contributed by atoms with van der Waals surface area (Å²) in [6.45, 7) is 0. The van der Waals surface area contributed by atoms with Crippen LogP contribution >= 0.6 is 24.8 Å². The van der Waals surface area contributed by atoms with E-state index in [0.717, 1.165) is 0 Å². The van der Waals surface area contributed by atoms with Crippen molar-refractivity contribution in [3.63, 3.8) is 0 Å². The molecule has 0 amide bonds. The van der Waals surface area contributed by atoms with E-state index in [9.17, 15) is 0 Å². The van der Waals surface area contributed by atoms with Crippen molar-refractivity contribution < 1.29 is 25.7 Å². The van der Waals surface area contributed by atoms with Crippen LogP contribution in [0.3, 0.4) is 0 Å². The van der Waals surface area contributed by atoms with Gasteiger partial charge in [0.05, 0.1) is 0 Å². The summed E-state index contributed by atoms with van der Waals surface area (Å²) in [7, 11) is 0. The molecule has 0 unspecified atom stereocenters. The molecule has 5 heteroatoms. The van der Waals surface area contributed by atoms with Crippen molar-refractivity contribution in [2.75, 3.05) is 0 Å². The maximum atomic E-state index is 8.50. The van der Waals surface area contributed by atoms with Gasteiger partial charge in [-0.1, -0.05) is 0 Å². The Bertz CT molecular complexity index is 28.6. The van der Waals surface area contributed by atoms with Gasteiger partial charge in [-0.3, -0.25) is 0 Å². The Morgan fingerprint density at radius 1 is 1.00 bits per heavy atom. The second-order valence-electron chi connectivity index (χ2n) is 0.0833. The van der Waals surface area contributed by atoms with Gasteiger partial charge in [-0.05, 0) is 0 Å². The van der Waals surface area contributed by atoms with E-state index < -0.39 is 19.1 Å². The second-order valence-corrected chi connectivity index (χ2v) is 0.344. The third kappa shape index (κ3) is 51.3. The summed E-state index contributed by atoms with van der Waals surface area (Å²) < 4.78 is 17.0. The number of hydrogen-bond acceptors (Lipinski definition) is 2. The van der Waals surface area contributed by atoms with Crippen LogP contribution in [-0.4, -0.2) is 0 Å². The molecule has 0 aliphatic heterocycles. The van der Waals surface area contributed by atoms with Crippen molar-refractivity contribution in [2.45, 2.75) is 0 Å². The number of hydrogen-bond donors (Lipinski definition) is 0. The second kappa shape index (κ2) is 20.7. The minimum absolute atomic E-state index is 0. The Morgan fingerprint density at radius 2 is 1.00 bits per heavy atom. The van der Waals surface area contributed by atoms with Gasteiger partial charge in [0.15, 0.2) is 0 Å². The van der Waals surface area contributed by atoms with Crippen LogP contribution in [0.5, 0.6) is 0 Å². The van der Waals surface area contributed by atoms with Gasteiger partial charge >= 0.3 is 25.7 Å². The van der Waals surface area contributed by atoms with E-state index in [-0.39, 0.29) is 24.8 Å². The molecule has 0 rings (SSSR count). The van der Waals surface area contributed by atoms with E-state index in [1.54, 1.807) is 0 Å².